The lowest BCUT2D eigenvalue weighted by Crippen LogP contribution is -2.43. The maximum Gasteiger partial charge on any atom is 0.243 e. The molecule has 39 heavy (non-hydrogen) atoms. The Morgan fingerprint density at radius 2 is 1.72 bits per heavy atom. The van der Waals surface area contributed by atoms with E-state index in [4.69, 9.17) is 9.47 Å². The van der Waals surface area contributed by atoms with Crippen LogP contribution < -0.4 is 14.8 Å². The normalized spacial score (nSPS) is 11.3. The van der Waals surface area contributed by atoms with E-state index in [9.17, 15) is 18.0 Å². The van der Waals surface area contributed by atoms with Crippen molar-refractivity contribution < 1.29 is 27.5 Å². The van der Waals surface area contributed by atoms with Crippen LogP contribution in [0.1, 0.15) is 16.7 Å². The molecule has 0 unspecified atom stereocenters. The Labute approximate surface area is 229 Å². The molecule has 0 saturated heterocycles. The molecule has 1 aromatic heterocycles. The molecule has 0 spiro atoms. The molecule has 2 aromatic carbocycles. The molecule has 0 aliphatic rings. The van der Waals surface area contributed by atoms with Gasteiger partial charge in [-0.3, -0.25) is 9.59 Å². The number of benzene rings is 2. The number of hydrogen-bond acceptors (Lipinski definition) is 7. The molecule has 2 amide bonds. The van der Waals surface area contributed by atoms with Crippen LogP contribution in [0.4, 0.5) is 0 Å². The molecule has 0 radical (unpaired) electrons. The van der Waals surface area contributed by atoms with E-state index in [1.54, 1.807) is 45.6 Å². The fraction of sp³-hybridized carbons (Fsp3) is 0.370. The first-order valence-corrected chi connectivity index (χ1v) is 13.7. The van der Waals surface area contributed by atoms with Gasteiger partial charge >= 0.3 is 0 Å². The monoisotopic (exact) mass is 557 g/mol. The smallest absolute Gasteiger partial charge is 0.243 e. The molecule has 1 heterocycles. The van der Waals surface area contributed by atoms with Crippen molar-refractivity contribution in [2.24, 2.45) is 0 Å². The van der Waals surface area contributed by atoms with Crippen molar-refractivity contribution in [1.29, 1.82) is 0 Å². The Balaban J connectivity index is 1.46. The van der Waals surface area contributed by atoms with Gasteiger partial charge in [-0.1, -0.05) is 12.1 Å². The Morgan fingerprint density at radius 1 is 1.05 bits per heavy atom. The van der Waals surface area contributed by atoms with Gasteiger partial charge < -0.3 is 24.3 Å². The van der Waals surface area contributed by atoms with Gasteiger partial charge in [0.25, 0.3) is 0 Å². The third kappa shape index (κ3) is 8.04. The van der Waals surface area contributed by atoms with E-state index in [-0.39, 0.29) is 17.3 Å². The third-order valence-electron chi connectivity index (χ3n) is 6.09. The first-order chi connectivity index (χ1) is 18.5. The van der Waals surface area contributed by atoms with Gasteiger partial charge in [0, 0.05) is 33.0 Å². The number of ether oxygens (including phenoxy) is 2. The van der Waals surface area contributed by atoms with Crippen molar-refractivity contribution in [3.8, 4) is 11.5 Å². The topological polar surface area (TPSA) is 123 Å². The Hall–Kier alpha value is -3.90. The first kappa shape index (κ1) is 29.7. The van der Waals surface area contributed by atoms with Crippen LogP contribution in [0.3, 0.4) is 0 Å². The molecule has 0 bridgehead atoms. The predicted molar refractivity (Wildman–Crippen MR) is 146 cm³/mol. The van der Waals surface area contributed by atoms with Gasteiger partial charge in [0.2, 0.25) is 21.8 Å². The highest BCUT2D eigenvalue weighted by Gasteiger charge is 2.27. The summed E-state index contributed by atoms with van der Waals surface area (Å²) < 4.78 is 40.0. The van der Waals surface area contributed by atoms with E-state index >= 15 is 0 Å². The maximum atomic E-state index is 13.1. The van der Waals surface area contributed by atoms with Gasteiger partial charge in [0.05, 0.1) is 38.0 Å². The van der Waals surface area contributed by atoms with Crippen LogP contribution in [0, 0.1) is 13.8 Å². The van der Waals surface area contributed by atoms with Crippen molar-refractivity contribution in [3.63, 3.8) is 0 Å². The number of nitrogens with one attached hydrogen (secondary N) is 1. The SMILES string of the molecule is COc1cc(C)c(S(=O)(=O)N(C)CC(=O)NCC(=O)N(C)Cc2ccc(OCCn3ccnc3)cc2)c(C)c1. The van der Waals surface area contributed by atoms with E-state index in [0.717, 1.165) is 15.6 Å². The quantitative estimate of drug-likeness (QED) is 0.341. The highest BCUT2D eigenvalue weighted by atomic mass is 32.2. The lowest BCUT2D eigenvalue weighted by Gasteiger charge is -2.21. The Morgan fingerprint density at radius 3 is 2.31 bits per heavy atom. The molecular formula is C27H35N5O6S. The van der Waals surface area contributed by atoms with Crippen molar-refractivity contribution >= 4 is 21.8 Å². The minimum Gasteiger partial charge on any atom is -0.497 e. The van der Waals surface area contributed by atoms with Crippen LogP contribution in [-0.2, 0) is 32.7 Å². The maximum absolute atomic E-state index is 13.1. The Kier molecular flexibility index (Phi) is 10.1. The molecule has 0 aliphatic carbocycles. The number of nitrogens with zero attached hydrogens (tertiary/aromatic N) is 4. The summed E-state index contributed by atoms with van der Waals surface area (Å²) in [5.41, 5.74) is 1.94. The lowest BCUT2D eigenvalue weighted by atomic mass is 10.1. The number of likely N-dealkylation sites (N-methyl/N-ethyl adjacent to an activating group) is 2. The first-order valence-electron chi connectivity index (χ1n) is 12.3. The zero-order chi connectivity index (χ0) is 28.6. The predicted octanol–water partition coefficient (Wildman–Crippen LogP) is 1.98. The van der Waals surface area contributed by atoms with Gasteiger partial charge in [-0.05, 0) is 54.8 Å². The molecule has 12 heteroatoms. The highest BCUT2D eigenvalue weighted by Crippen LogP contribution is 2.27. The summed E-state index contributed by atoms with van der Waals surface area (Å²) in [6.07, 6.45) is 5.31. The molecule has 210 valence electrons. The summed E-state index contributed by atoms with van der Waals surface area (Å²) >= 11 is 0. The zero-order valence-electron chi connectivity index (χ0n) is 22.9. The van der Waals surface area contributed by atoms with Crippen LogP contribution in [-0.4, -0.2) is 79.9 Å². The molecule has 0 aliphatic heterocycles. The molecular weight excluding hydrogens is 522 g/mol. The van der Waals surface area contributed by atoms with Crippen LogP contribution >= 0.6 is 0 Å². The highest BCUT2D eigenvalue weighted by molar-refractivity contribution is 7.89. The van der Waals surface area contributed by atoms with E-state index in [1.165, 1.54) is 19.1 Å². The second-order valence-corrected chi connectivity index (χ2v) is 11.2. The standard InChI is InChI=1S/C27H35N5O6S/c1-20-14-24(37-5)15-21(2)27(20)39(35,36)31(4)18-25(33)29-16-26(34)30(3)17-22-6-8-23(9-7-22)38-13-12-32-11-10-28-19-32/h6-11,14-15,19H,12-13,16-18H2,1-5H3,(H,29,33). The minimum absolute atomic E-state index is 0.129. The molecule has 11 nitrogen and oxygen atoms in total. The number of methoxy groups -OCH3 is 1. The summed E-state index contributed by atoms with van der Waals surface area (Å²) in [7, 11) is 0.545. The molecule has 1 N–H and O–H groups in total. The number of carbonyl (C=O) groups is 2. The number of rotatable bonds is 13. The average Bonchev–Trinajstić information content (AvgIpc) is 3.41. The fourth-order valence-electron chi connectivity index (χ4n) is 3.98. The van der Waals surface area contributed by atoms with E-state index < -0.39 is 22.5 Å². The van der Waals surface area contributed by atoms with Crippen molar-refractivity contribution in [3.05, 3.63) is 71.8 Å². The van der Waals surface area contributed by atoms with Gasteiger partial charge in [0.15, 0.2) is 0 Å². The van der Waals surface area contributed by atoms with Crippen LogP contribution in [0.5, 0.6) is 11.5 Å². The van der Waals surface area contributed by atoms with Gasteiger partial charge in [-0.25, -0.2) is 13.4 Å². The largest absolute Gasteiger partial charge is 0.497 e. The van der Waals surface area contributed by atoms with Crippen molar-refractivity contribution in [1.82, 2.24) is 24.1 Å². The third-order valence-corrected chi connectivity index (χ3v) is 8.20. The number of sulfonamides is 1. The summed E-state index contributed by atoms with van der Waals surface area (Å²) in [6.45, 7) is 4.21. The minimum atomic E-state index is -3.93. The summed E-state index contributed by atoms with van der Waals surface area (Å²) in [4.78, 5) is 30.6. The number of amides is 2. The number of aryl methyl sites for hydroxylation is 2. The second kappa shape index (κ2) is 13.3. The molecule has 0 saturated carbocycles. The number of hydrogen-bond donors (Lipinski definition) is 1. The van der Waals surface area contributed by atoms with E-state index in [1.807, 2.05) is 35.0 Å². The second-order valence-electron chi connectivity index (χ2n) is 9.17. The molecule has 3 rings (SSSR count). The summed E-state index contributed by atoms with van der Waals surface area (Å²) in [5, 5.41) is 2.51. The number of aromatic nitrogens is 2. The molecule has 0 atom stereocenters. The molecule has 0 fully saturated rings. The number of carbonyl (C=O) groups excluding carboxylic acids is 2. The zero-order valence-corrected chi connectivity index (χ0v) is 23.7. The lowest BCUT2D eigenvalue weighted by molar-refractivity contribution is -0.132. The van der Waals surface area contributed by atoms with Crippen LogP contribution in [0.15, 0.2) is 60.0 Å². The average molecular weight is 558 g/mol. The van der Waals surface area contributed by atoms with E-state index in [2.05, 4.69) is 10.3 Å². The van der Waals surface area contributed by atoms with Gasteiger partial charge in [-0.2, -0.15) is 4.31 Å². The van der Waals surface area contributed by atoms with Crippen LogP contribution in [0.25, 0.3) is 0 Å². The Bertz CT molecular complexity index is 1350. The number of imidazole rings is 1. The van der Waals surface area contributed by atoms with Crippen LogP contribution in [0.2, 0.25) is 0 Å². The van der Waals surface area contributed by atoms with Crippen molar-refractivity contribution in [2.75, 3.05) is 40.9 Å². The van der Waals surface area contributed by atoms with Gasteiger partial charge in [-0.15, -0.1) is 0 Å². The van der Waals surface area contributed by atoms with Gasteiger partial charge in [0.1, 0.15) is 18.1 Å². The molecule has 3 aromatic rings. The fourth-order valence-corrected chi connectivity index (χ4v) is 5.51. The van der Waals surface area contributed by atoms with E-state index in [0.29, 0.717) is 36.6 Å². The van der Waals surface area contributed by atoms with Crippen molar-refractivity contribution in [2.45, 2.75) is 31.8 Å². The summed E-state index contributed by atoms with van der Waals surface area (Å²) in [5.74, 6) is 0.386. The summed E-state index contributed by atoms with van der Waals surface area (Å²) in [6, 6.07) is 10.7.